The minimum atomic E-state index is -0.207. The minimum Gasteiger partial charge on any atom is -0.394 e. The van der Waals surface area contributed by atoms with Crippen LogP contribution in [0.4, 0.5) is 11.8 Å². The largest absolute Gasteiger partial charge is 0.394 e. The van der Waals surface area contributed by atoms with Crippen molar-refractivity contribution in [3.8, 4) is 0 Å². The molecule has 0 atom stereocenters. The molecule has 1 aromatic rings. The lowest BCUT2D eigenvalue weighted by atomic mass is 9.82. The highest BCUT2D eigenvalue weighted by molar-refractivity contribution is 5.48. The second-order valence-electron chi connectivity index (χ2n) is 5.38. The van der Waals surface area contributed by atoms with Crippen molar-refractivity contribution in [2.24, 2.45) is 0 Å². The van der Waals surface area contributed by atoms with E-state index < -0.39 is 0 Å². The van der Waals surface area contributed by atoms with Gasteiger partial charge in [0.1, 0.15) is 5.82 Å². The summed E-state index contributed by atoms with van der Waals surface area (Å²) in [4.78, 5) is 8.75. The molecule has 0 amide bonds. The van der Waals surface area contributed by atoms with E-state index in [1.165, 1.54) is 6.42 Å². The number of nitrogens with one attached hydrogen (secondary N) is 2. The molecule has 0 bridgehead atoms. The van der Waals surface area contributed by atoms with E-state index in [0.717, 1.165) is 43.6 Å². The molecule has 0 unspecified atom stereocenters. The molecule has 5 nitrogen and oxygen atoms in total. The zero-order valence-electron chi connectivity index (χ0n) is 11.9. The zero-order valence-corrected chi connectivity index (χ0v) is 11.9. The van der Waals surface area contributed by atoms with E-state index in [1.807, 2.05) is 20.0 Å². The maximum absolute atomic E-state index is 9.74. The van der Waals surface area contributed by atoms with Crippen LogP contribution in [0, 0.1) is 6.92 Å². The summed E-state index contributed by atoms with van der Waals surface area (Å²) < 4.78 is 0. The summed E-state index contributed by atoms with van der Waals surface area (Å²) >= 11 is 0. The van der Waals surface area contributed by atoms with E-state index in [9.17, 15) is 5.11 Å². The SMILES string of the molecule is CCNc1ncc(C)c(NC2(CO)CCCCC2)n1. The average Bonchev–Trinajstić information content (AvgIpc) is 2.44. The first-order valence-electron chi connectivity index (χ1n) is 7.16. The molecule has 0 aliphatic heterocycles. The molecular weight excluding hydrogens is 240 g/mol. The van der Waals surface area contributed by atoms with Gasteiger partial charge >= 0.3 is 0 Å². The number of aromatic nitrogens is 2. The van der Waals surface area contributed by atoms with Gasteiger partial charge in [0.25, 0.3) is 0 Å². The molecule has 1 aliphatic carbocycles. The normalized spacial score (nSPS) is 18.1. The first-order chi connectivity index (χ1) is 9.19. The van der Waals surface area contributed by atoms with Crippen LogP contribution in [0.1, 0.15) is 44.6 Å². The van der Waals surface area contributed by atoms with Crippen LogP contribution < -0.4 is 10.6 Å². The van der Waals surface area contributed by atoms with Crippen LogP contribution in [0.5, 0.6) is 0 Å². The van der Waals surface area contributed by atoms with Gasteiger partial charge in [-0.3, -0.25) is 0 Å². The number of nitrogens with zero attached hydrogens (tertiary/aromatic N) is 2. The monoisotopic (exact) mass is 264 g/mol. The van der Waals surface area contributed by atoms with E-state index in [-0.39, 0.29) is 12.1 Å². The highest BCUT2D eigenvalue weighted by atomic mass is 16.3. The van der Waals surface area contributed by atoms with Gasteiger partial charge in [-0.25, -0.2) is 4.98 Å². The molecule has 106 valence electrons. The molecule has 1 heterocycles. The summed E-state index contributed by atoms with van der Waals surface area (Å²) in [6.45, 7) is 4.97. The van der Waals surface area contributed by atoms with Gasteiger partial charge in [-0.2, -0.15) is 4.98 Å². The van der Waals surface area contributed by atoms with E-state index in [1.54, 1.807) is 0 Å². The van der Waals surface area contributed by atoms with Crippen LogP contribution in [0.3, 0.4) is 0 Å². The maximum Gasteiger partial charge on any atom is 0.224 e. The summed E-state index contributed by atoms with van der Waals surface area (Å²) in [6.07, 6.45) is 7.42. The fourth-order valence-corrected chi connectivity index (χ4v) is 2.61. The van der Waals surface area contributed by atoms with Gasteiger partial charge in [-0.1, -0.05) is 19.3 Å². The Balaban J connectivity index is 2.18. The van der Waals surface area contributed by atoms with Crippen molar-refractivity contribution in [3.63, 3.8) is 0 Å². The van der Waals surface area contributed by atoms with Gasteiger partial charge in [-0.05, 0) is 26.7 Å². The van der Waals surface area contributed by atoms with Crippen LogP contribution in [0.15, 0.2) is 6.20 Å². The lowest BCUT2D eigenvalue weighted by Crippen LogP contribution is -2.44. The van der Waals surface area contributed by atoms with Gasteiger partial charge < -0.3 is 15.7 Å². The summed E-state index contributed by atoms with van der Waals surface area (Å²) in [5.74, 6) is 1.47. The molecule has 2 rings (SSSR count). The van der Waals surface area contributed by atoms with Crippen LogP contribution in [0.25, 0.3) is 0 Å². The average molecular weight is 264 g/mol. The van der Waals surface area contributed by atoms with E-state index in [2.05, 4.69) is 20.6 Å². The van der Waals surface area contributed by atoms with Gasteiger partial charge in [0.05, 0.1) is 12.1 Å². The molecule has 1 aliphatic rings. The van der Waals surface area contributed by atoms with Gasteiger partial charge in [0, 0.05) is 18.3 Å². The molecule has 3 N–H and O–H groups in total. The smallest absolute Gasteiger partial charge is 0.224 e. The van der Waals surface area contributed by atoms with E-state index in [4.69, 9.17) is 0 Å². The minimum absolute atomic E-state index is 0.160. The van der Waals surface area contributed by atoms with Gasteiger partial charge in [-0.15, -0.1) is 0 Å². The van der Waals surface area contributed by atoms with E-state index >= 15 is 0 Å². The predicted octanol–water partition coefficient (Wildman–Crippen LogP) is 2.32. The zero-order chi connectivity index (χ0) is 13.7. The molecule has 0 spiro atoms. The third-order valence-electron chi connectivity index (χ3n) is 3.80. The summed E-state index contributed by atoms with van der Waals surface area (Å²) in [6, 6.07) is 0. The number of aryl methyl sites for hydroxylation is 1. The van der Waals surface area contributed by atoms with Crippen LogP contribution in [-0.4, -0.2) is 33.8 Å². The second kappa shape index (κ2) is 6.19. The molecule has 5 heteroatoms. The number of anilines is 2. The van der Waals surface area contributed by atoms with Gasteiger partial charge in [0.2, 0.25) is 5.95 Å². The number of hydrogen-bond acceptors (Lipinski definition) is 5. The Labute approximate surface area is 114 Å². The van der Waals surface area contributed by atoms with Crippen molar-refractivity contribution in [2.75, 3.05) is 23.8 Å². The lowest BCUT2D eigenvalue weighted by Gasteiger charge is -2.37. The molecule has 19 heavy (non-hydrogen) atoms. The molecule has 0 saturated heterocycles. The summed E-state index contributed by atoms with van der Waals surface area (Å²) in [5.41, 5.74) is 0.806. The van der Waals surface area contributed by atoms with Crippen LogP contribution >= 0.6 is 0 Å². The number of hydrogen-bond donors (Lipinski definition) is 3. The van der Waals surface area contributed by atoms with E-state index in [0.29, 0.717) is 5.95 Å². The predicted molar refractivity (Wildman–Crippen MR) is 77.5 cm³/mol. The fourth-order valence-electron chi connectivity index (χ4n) is 2.61. The Hall–Kier alpha value is -1.36. The van der Waals surface area contributed by atoms with Crippen molar-refractivity contribution in [1.29, 1.82) is 0 Å². The highest BCUT2D eigenvalue weighted by Gasteiger charge is 2.32. The molecule has 1 saturated carbocycles. The first kappa shape index (κ1) is 14.1. The Morgan fingerprint density at radius 1 is 1.32 bits per heavy atom. The number of rotatable bonds is 5. The van der Waals surface area contributed by atoms with Gasteiger partial charge in [0.15, 0.2) is 0 Å². The van der Waals surface area contributed by atoms with Crippen molar-refractivity contribution in [3.05, 3.63) is 11.8 Å². The highest BCUT2D eigenvalue weighted by Crippen LogP contribution is 2.31. The molecular formula is C14H24N4O. The Morgan fingerprint density at radius 2 is 2.05 bits per heavy atom. The third kappa shape index (κ3) is 3.35. The lowest BCUT2D eigenvalue weighted by molar-refractivity contribution is 0.172. The van der Waals surface area contributed by atoms with Crippen molar-refractivity contribution in [1.82, 2.24) is 9.97 Å². The topological polar surface area (TPSA) is 70.1 Å². The molecule has 0 aromatic carbocycles. The Morgan fingerprint density at radius 3 is 2.68 bits per heavy atom. The Bertz CT molecular complexity index is 416. The standard InChI is InChI=1S/C14H24N4O/c1-3-15-13-16-9-11(2)12(17-13)18-14(10-19)7-5-4-6-8-14/h9,19H,3-8,10H2,1-2H3,(H2,15,16,17,18). The third-order valence-corrected chi connectivity index (χ3v) is 3.80. The molecule has 0 radical (unpaired) electrons. The number of aliphatic hydroxyl groups is 1. The quantitative estimate of drug-likeness (QED) is 0.761. The molecule has 1 aromatic heterocycles. The summed E-state index contributed by atoms with van der Waals surface area (Å²) in [7, 11) is 0. The first-order valence-corrected chi connectivity index (χ1v) is 7.16. The van der Waals surface area contributed by atoms with Crippen LogP contribution in [-0.2, 0) is 0 Å². The van der Waals surface area contributed by atoms with Crippen molar-refractivity contribution in [2.45, 2.75) is 51.5 Å². The maximum atomic E-state index is 9.74. The van der Waals surface area contributed by atoms with Crippen LogP contribution in [0.2, 0.25) is 0 Å². The number of aliphatic hydroxyl groups excluding tert-OH is 1. The second-order valence-corrected chi connectivity index (χ2v) is 5.38. The summed E-state index contributed by atoms with van der Waals surface area (Å²) in [5, 5.41) is 16.3. The molecule has 1 fully saturated rings. The van der Waals surface area contributed by atoms with Crippen molar-refractivity contribution >= 4 is 11.8 Å². The fraction of sp³-hybridized carbons (Fsp3) is 0.714. The Kier molecular flexibility index (Phi) is 4.58. The van der Waals surface area contributed by atoms with Crippen molar-refractivity contribution < 1.29 is 5.11 Å².